The van der Waals surface area contributed by atoms with Gasteiger partial charge in [-0.1, -0.05) is 13.8 Å². The molecule has 0 amide bonds. The molecule has 2 N–H and O–H groups in total. The zero-order valence-corrected chi connectivity index (χ0v) is 11.4. The summed E-state index contributed by atoms with van der Waals surface area (Å²) in [6.45, 7) is 14.3. The zero-order valence-electron chi connectivity index (χ0n) is 11.4. The van der Waals surface area contributed by atoms with Crippen LogP contribution in [-0.2, 0) is 5.41 Å². The van der Waals surface area contributed by atoms with Crippen molar-refractivity contribution in [3.63, 3.8) is 0 Å². The molecule has 1 aliphatic rings. The lowest BCUT2D eigenvalue weighted by Crippen LogP contribution is -2.48. The minimum Gasteiger partial charge on any atom is -0.345 e. The molecule has 96 valence electrons. The molecule has 1 aromatic rings. The second kappa shape index (κ2) is 4.78. The number of nitrogens with zero attached hydrogens (tertiary/aromatic N) is 2. The maximum atomic E-state index is 4.65. The maximum absolute atomic E-state index is 4.65. The van der Waals surface area contributed by atoms with Gasteiger partial charge in [0.05, 0.1) is 5.69 Å². The number of aryl methyl sites for hydroxylation is 2. The van der Waals surface area contributed by atoms with Gasteiger partial charge in [-0.15, -0.1) is 0 Å². The van der Waals surface area contributed by atoms with Crippen LogP contribution in [0.1, 0.15) is 31.1 Å². The molecule has 0 spiro atoms. The normalized spacial score (nSPS) is 18.6. The van der Waals surface area contributed by atoms with Crippen molar-refractivity contribution in [1.29, 1.82) is 0 Å². The highest BCUT2D eigenvalue weighted by Gasteiger charge is 2.28. The number of rotatable bonds is 3. The molecule has 4 heteroatoms. The van der Waals surface area contributed by atoms with Crippen LogP contribution in [0.3, 0.4) is 0 Å². The van der Waals surface area contributed by atoms with Gasteiger partial charge in [0.15, 0.2) is 0 Å². The second-order valence-electron chi connectivity index (χ2n) is 5.71. The molecule has 0 aliphatic carbocycles. The van der Waals surface area contributed by atoms with Gasteiger partial charge in [0.25, 0.3) is 0 Å². The molecular weight excluding hydrogens is 212 g/mol. The molecule has 1 saturated heterocycles. The highest BCUT2D eigenvalue weighted by Crippen LogP contribution is 2.23. The average Bonchev–Trinajstić information content (AvgIpc) is 2.61. The van der Waals surface area contributed by atoms with E-state index < -0.39 is 0 Å². The van der Waals surface area contributed by atoms with Crippen molar-refractivity contribution in [3.8, 4) is 0 Å². The Morgan fingerprint density at radius 1 is 1.24 bits per heavy atom. The van der Waals surface area contributed by atoms with Crippen molar-refractivity contribution >= 4 is 0 Å². The highest BCUT2D eigenvalue weighted by atomic mass is 15.2. The third kappa shape index (κ3) is 2.87. The van der Waals surface area contributed by atoms with Gasteiger partial charge < -0.3 is 10.3 Å². The molecule has 0 aromatic carbocycles. The molecule has 0 bridgehead atoms. The lowest BCUT2D eigenvalue weighted by atomic mass is 9.91. The van der Waals surface area contributed by atoms with E-state index in [4.69, 9.17) is 0 Å². The number of aromatic nitrogens is 2. The maximum Gasteiger partial charge on any atom is 0.113 e. The van der Waals surface area contributed by atoms with Gasteiger partial charge in [0.1, 0.15) is 5.82 Å². The second-order valence-corrected chi connectivity index (χ2v) is 5.71. The van der Waals surface area contributed by atoms with Crippen molar-refractivity contribution in [2.75, 3.05) is 32.7 Å². The lowest BCUT2D eigenvalue weighted by Gasteiger charge is -2.34. The Bertz CT molecular complexity index is 355. The van der Waals surface area contributed by atoms with E-state index in [1.165, 1.54) is 5.69 Å². The van der Waals surface area contributed by atoms with Gasteiger partial charge in [-0.25, -0.2) is 4.98 Å². The molecule has 0 saturated carbocycles. The number of nitrogens with one attached hydrogen (secondary N) is 2. The van der Waals surface area contributed by atoms with Gasteiger partial charge in [0.2, 0.25) is 0 Å². The fourth-order valence-electron chi connectivity index (χ4n) is 2.37. The summed E-state index contributed by atoms with van der Waals surface area (Å²) in [7, 11) is 0. The predicted octanol–water partition coefficient (Wildman–Crippen LogP) is 1.21. The van der Waals surface area contributed by atoms with Crippen LogP contribution in [0.25, 0.3) is 0 Å². The summed E-state index contributed by atoms with van der Waals surface area (Å²) in [6.07, 6.45) is 0. The van der Waals surface area contributed by atoms with E-state index in [1.807, 2.05) is 0 Å². The van der Waals surface area contributed by atoms with Crippen molar-refractivity contribution in [3.05, 3.63) is 17.2 Å². The summed E-state index contributed by atoms with van der Waals surface area (Å²) in [5.74, 6) is 1.12. The fraction of sp³-hybridized carbons (Fsp3) is 0.769. The Balaban J connectivity index is 2.06. The van der Waals surface area contributed by atoms with Crippen molar-refractivity contribution < 1.29 is 0 Å². The van der Waals surface area contributed by atoms with E-state index in [0.717, 1.165) is 44.2 Å². The van der Waals surface area contributed by atoms with Crippen molar-refractivity contribution in [1.82, 2.24) is 20.2 Å². The lowest BCUT2D eigenvalue weighted by molar-refractivity contribution is 0.196. The molecule has 2 rings (SSSR count). The van der Waals surface area contributed by atoms with Gasteiger partial charge in [0, 0.05) is 43.8 Å². The van der Waals surface area contributed by atoms with Gasteiger partial charge in [-0.2, -0.15) is 0 Å². The van der Waals surface area contributed by atoms with Crippen LogP contribution in [0.5, 0.6) is 0 Å². The third-order valence-electron chi connectivity index (χ3n) is 3.60. The summed E-state index contributed by atoms with van der Waals surface area (Å²) in [6, 6.07) is 0. The van der Waals surface area contributed by atoms with E-state index in [2.05, 4.69) is 47.9 Å². The van der Waals surface area contributed by atoms with Gasteiger partial charge >= 0.3 is 0 Å². The number of hydrogen-bond donors (Lipinski definition) is 2. The highest BCUT2D eigenvalue weighted by molar-refractivity contribution is 5.16. The van der Waals surface area contributed by atoms with Crippen LogP contribution >= 0.6 is 0 Å². The fourth-order valence-corrected chi connectivity index (χ4v) is 2.37. The summed E-state index contributed by atoms with van der Waals surface area (Å²) in [4.78, 5) is 10.6. The summed E-state index contributed by atoms with van der Waals surface area (Å²) in [5, 5.41) is 3.39. The first-order valence-electron chi connectivity index (χ1n) is 6.46. The third-order valence-corrected chi connectivity index (χ3v) is 3.60. The van der Waals surface area contributed by atoms with Crippen LogP contribution in [-0.4, -0.2) is 47.6 Å². The smallest absolute Gasteiger partial charge is 0.113 e. The van der Waals surface area contributed by atoms with E-state index >= 15 is 0 Å². The first-order chi connectivity index (χ1) is 7.99. The minimum atomic E-state index is 0.0936. The number of imidazole rings is 1. The Hall–Kier alpha value is -0.870. The minimum absolute atomic E-state index is 0.0936. The number of piperazine rings is 1. The molecule has 1 fully saturated rings. The topological polar surface area (TPSA) is 44.0 Å². The van der Waals surface area contributed by atoms with E-state index in [0.29, 0.717) is 0 Å². The molecular formula is C13H24N4. The first kappa shape index (κ1) is 12.6. The molecule has 0 unspecified atom stereocenters. The molecule has 4 nitrogen and oxygen atoms in total. The monoisotopic (exact) mass is 236 g/mol. The van der Waals surface area contributed by atoms with Crippen molar-refractivity contribution in [2.45, 2.75) is 33.1 Å². The average molecular weight is 236 g/mol. The molecule has 1 aromatic heterocycles. The van der Waals surface area contributed by atoms with Gasteiger partial charge in [-0.05, 0) is 13.8 Å². The molecule has 17 heavy (non-hydrogen) atoms. The number of aromatic amines is 1. The Morgan fingerprint density at radius 3 is 2.41 bits per heavy atom. The van der Waals surface area contributed by atoms with Crippen LogP contribution in [0.15, 0.2) is 0 Å². The number of H-pyrrole nitrogens is 1. The largest absolute Gasteiger partial charge is 0.345 e. The van der Waals surface area contributed by atoms with Crippen LogP contribution < -0.4 is 5.32 Å². The van der Waals surface area contributed by atoms with Crippen LogP contribution in [0, 0.1) is 13.8 Å². The Labute approximate surface area is 104 Å². The molecule has 0 radical (unpaired) electrons. The summed E-state index contributed by atoms with van der Waals surface area (Å²) < 4.78 is 0. The molecule has 1 aliphatic heterocycles. The van der Waals surface area contributed by atoms with Gasteiger partial charge in [-0.3, -0.25) is 4.90 Å². The molecule has 0 atom stereocenters. The summed E-state index contributed by atoms with van der Waals surface area (Å²) >= 11 is 0. The standard InChI is InChI=1S/C13H24N4/c1-10-11(2)16-12(15-10)13(3,4)9-17-7-5-14-6-8-17/h14H,5-9H2,1-4H3,(H,15,16). The zero-order chi connectivity index (χ0) is 12.5. The Kier molecular flexibility index (Phi) is 3.54. The Morgan fingerprint density at radius 2 is 1.88 bits per heavy atom. The summed E-state index contributed by atoms with van der Waals surface area (Å²) in [5.41, 5.74) is 2.40. The number of hydrogen-bond acceptors (Lipinski definition) is 3. The van der Waals surface area contributed by atoms with E-state index in [9.17, 15) is 0 Å². The first-order valence-corrected chi connectivity index (χ1v) is 6.46. The SMILES string of the molecule is Cc1nc(C(C)(C)CN2CCNCC2)[nH]c1C. The predicted molar refractivity (Wildman–Crippen MR) is 70.4 cm³/mol. The van der Waals surface area contributed by atoms with E-state index in [1.54, 1.807) is 0 Å². The quantitative estimate of drug-likeness (QED) is 0.829. The van der Waals surface area contributed by atoms with E-state index in [-0.39, 0.29) is 5.41 Å². The molecule has 2 heterocycles. The van der Waals surface area contributed by atoms with Crippen LogP contribution in [0.2, 0.25) is 0 Å². The van der Waals surface area contributed by atoms with Crippen molar-refractivity contribution in [2.24, 2.45) is 0 Å². The van der Waals surface area contributed by atoms with Crippen LogP contribution in [0.4, 0.5) is 0 Å².